The molecule has 0 saturated carbocycles. The SMILES string of the molecule is OC1(CNCC2CCCCN2)CCOC1. The molecule has 4 nitrogen and oxygen atoms in total. The second-order valence-corrected chi connectivity index (χ2v) is 4.80. The summed E-state index contributed by atoms with van der Waals surface area (Å²) in [5.41, 5.74) is -0.616. The Morgan fingerprint density at radius 2 is 2.40 bits per heavy atom. The summed E-state index contributed by atoms with van der Waals surface area (Å²) in [6, 6.07) is 0.588. The third kappa shape index (κ3) is 3.41. The zero-order valence-electron chi connectivity index (χ0n) is 9.30. The van der Waals surface area contributed by atoms with Crippen molar-refractivity contribution in [2.75, 3.05) is 32.8 Å². The van der Waals surface area contributed by atoms with Gasteiger partial charge in [-0.2, -0.15) is 0 Å². The maximum absolute atomic E-state index is 10.0. The average Bonchev–Trinajstić information content (AvgIpc) is 2.67. The molecule has 2 unspecified atom stereocenters. The monoisotopic (exact) mass is 214 g/mol. The Hall–Kier alpha value is -0.160. The highest BCUT2D eigenvalue weighted by atomic mass is 16.5. The van der Waals surface area contributed by atoms with Crippen molar-refractivity contribution < 1.29 is 9.84 Å². The van der Waals surface area contributed by atoms with Crippen LogP contribution in [0.4, 0.5) is 0 Å². The minimum absolute atomic E-state index is 0.484. The Morgan fingerprint density at radius 3 is 3.07 bits per heavy atom. The number of rotatable bonds is 4. The van der Waals surface area contributed by atoms with Crippen LogP contribution in [0.1, 0.15) is 25.7 Å². The maximum atomic E-state index is 10.0. The van der Waals surface area contributed by atoms with Crippen LogP contribution in [-0.4, -0.2) is 49.6 Å². The van der Waals surface area contributed by atoms with E-state index in [0.717, 1.165) is 19.5 Å². The lowest BCUT2D eigenvalue weighted by atomic mass is 10.0. The predicted octanol–water partition coefficient (Wildman–Crippen LogP) is -0.131. The van der Waals surface area contributed by atoms with Gasteiger partial charge in [0.25, 0.3) is 0 Å². The van der Waals surface area contributed by atoms with Crippen LogP contribution in [0.5, 0.6) is 0 Å². The first-order valence-corrected chi connectivity index (χ1v) is 6.03. The third-order valence-electron chi connectivity index (χ3n) is 3.34. The lowest BCUT2D eigenvalue weighted by Gasteiger charge is -2.26. The van der Waals surface area contributed by atoms with Crippen molar-refractivity contribution in [2.45, 2.75) is 37.3 Å². The molecule has 3 N–H and O–H groups in total. The van der Waals surface area contributed by atoms with E-state index in [4.69, 9.17) is 4.74 Å². The summed E-state index contributed by atoms with van der Waals surface area (Å²) in [5.74, 6) is 0. The van der Waals surface area contributed by atoms with Crippen LogP contribution in [0.2, 0.25) is 0 Å². The molecule has 0 spiro atoms. The van der Waals surface area contributed by atoms with E-state index < -0.39 is 5.60 Å². The van der Waals surface area contributed by atoms with Gasteiger partial charge in [0.2, 0.25) is 0 Å². The van der Waals surface area contributed by atoms with Crippen molar-refractivity contribution in [3.8, 4) is 0 Å². The minimum Gasteiger partial charge on any atom is -0.386 e. The molecular formula is C11H22N2O2. The van der Waals surface area contributed by atoms with Gasteiger partial charge in [0.05, 0.1) is 6.61 Å². The Labute approximate surface area is 91.4 Å². The normalized spacial score (nSPS) is 37.0. The van der Waals surface area contributed by atoms with Crippen molar-refractivity contribution >= 4 is 0 Å². The summed E-state index contributed by atoms with van der Waals surface area (Å²) >= 11 is 0. The fraction of sp³-hybridized carbons (Fsp3) is 1.00. The zero-order chi connectivity index (χ0) is 10.6. The number of aliphatic hydroxyl groups is 1. The molecule has 2 aliphatic heterocycles. The van der Waals surface area contributed by atoms with Crippen LogP contribution in [0, 0.1) is 0 Å². The van der Waals surface area contributed by atoms with Gasteiger partial charge >= 0.3 is 0 Å². The van der Waals surface area contributed by atoms with Crippen molar-refractivity contribution in [1.82, 2.24) is 10.6 Å². The second kappa shape index (κ2) is 5.25. The number of nitrogens with one attached hydrogen (secondary N) is 2. The van der Waals surface area contributed by atoms with Crippen molar-refractivity contribution in [3.63, 3.8) is 0 Å². The molecule has 2 saturated heterocycles. The molecule has 4 heteroatoms. The van der Waals surface area contributed by atoms with Crippen LogP contribution in [0.15, 0.2) is 0 Å². The second-order valence-electron chi connectivity index (χ2n) is 4.80. The molecule has 2 heterocycles. The Bertz CT molecular complexity index is 187. The largest absolute Gasteiger partial charge is 0.386 e. The van der Waals surface area contributed by atoms with Crippen LogP contribution in [-0.2, 0) is 4.74 Å². The molecule has 88 valence electrons. The van der Waals surface area contributed by atoms with Crippen LogP contribution < -0.4 is 10.6 Å². The third-order valence-corrected chi connectivity index (χ3v) is 3.34. The van der Waals surface area contributed by atoms with Gasteiger partial charge < -0.3 is 20.5 Å². The first-order valence-electron chi connectivity index (χ1n) is 6.03. The van der Waals surface area contributed by atoms with Crippen molar-refractivity contribution in [2.24, 2.45) is 0 Å². The van der Waals surface area contributed by atoms with Gasteiger partial charge in [-0.05, 0) is 19.4 Å². The highest BCUT2D eigenvalue weighted by Crippen LogP contribution is 2.17. The van der Waals surface area contributed by atoms with Crippen molar-refractivity contribution in [1.29, 1.82) is 0 Å². The van der Waals surface area contributed by atoms with Crippen LogP contribution >= 0.6 is 0 Å². The van der Waals surface area contributed by atoms with Gasteiger partial charge in [0.15, 0.2) is 0 Å². The molecule has 0 aliphatic carbocycles. The molecule has 0 aromatic carbocycles. The zero-order valence-corrected chi connectivity index (χ0v) is 9.30. The smallest absolute Gasteiger partial charge is 0.102 e. The van der Waals surface area contributed by atoms with E-state index in [1.54, 1.807) is 0 Å². The molecule has 2 aliphatic rings. The van der Waals surface area contributed by atoms with Gasteiger partial charge in [0, 0.05) is 32.2 Å². The van der Waals surface area contributed by atoms with E-state index in [2.05, 4.69) is 10.6 Å². The highest BCUT2D eigenvalue weighted by Gasteiger charge is 2.31. The van der Waals surface area contributed by atoms with Gasteiger partial charge in [-0.15, -0.1) is 0 Å². The molecule has 0 radical (unpaired) electrons. The maximum Gasteiger partial charge on any atom is 0.102 e. The van der Waals surface area contributed by atoms with Crippen LogP contribution in [0.3, 0.4) is 0 Å². The molecule has 2 fully saturated rings. The molecule has 2 atom stereocenters. The lowest BCUT2D eigenvalue weighted by Crippen LogP contribution is -2.47. The molecular weight excluding hydrogens is 192 g/mol. The average molecular weight is 214 g/mol. The lowest BCUT2D eigenvalue weighted by molar-refractivity contribution is 0.0266. The van der Waals surface area contributed by atoms with Gasteiger partial charge in [-0.1, -0.05) is 6.42 Å². The van der Waals surface area contributed by atoms with Crippen LogP contribution in [0.25, 0.3) is 0 Å². The first kappa shape index (κ1) is 11.3. The van der Waals surface area contributed by atoms with E-state index in [0.29, 0.717) is 25.8 Å². The summed E-state index contributed by atoms with van der Waals surface area (Å²) in [6.07, 6.45) is 4.64. The minimum atomic E-state index is -0.616. The fourth-order valence-electron chi connectivity index (χ4n) is 2.31. The molecule has 0 aromatic heterocycles. The molecule has 0 bridgehead atoms. The van der Waals surface area contributed by atoms with E-state index in [1.165, 1.54) is 19.3 Å². The van der Waals surface area contributed by atoms with E-state index >= 15 is 0 Å². The standard InChI is InChI=1S/C11H22N2O2/c14-11(4-6-15-9-11)8-12-7-10-3-1-2-5-13-10/h10,12-14H,1-9H2. The summed E-state index contributed by atoms with van der Waals surface area (Å²) in [7, 11) is 0. The molecule has 2 rings (SSSR count). The summed E-state index contributed by atoms with van der Waals surface area (Å²) in [6.45, 7) is 3.94. The number of hydrogen-bond donors (Lipinski definition) is 3. The quantitative estimate of drug-likeness (QED) is 0.610. The fourth-order valence-corrected chi connectivity index (χ4v) is 2.31. The van der Waals surface area contributed by atoms with Gasteiger partial charge in [0.1, 0.15) is 5.60 Å². The van der Waals surface area contributed by atoms with E-state index in [-0.39, 0.29) is 0 Å². The number of ether oxygens (including phenoxy) is 1. The first-order chi connectivity index (χ1) is 7.29. The number of hydrogen-bond acceptors (Lipinski definition) is 4. The van der Waals surface area contributed by atoms with Gasteiger partial charge in [-0.25, -0.2) is 0 Å². The summed E-state index contributed by atoms with van der Waals surface area (Å²) < 4.78 is 5.20. The number of piperidine rings is 1. The summed E-state index contributed by atoms with van der Waals surface area (Å²) in [5, 5.41) is 16.8. The van der Waals surface area contributed by atoms with Gasteiger partial charge in [-0.3, -0.25) is 0 Å². The Morgan fingerprint density at radius 1 is 1.47 bits per heavy atom. The predicted molar refractivity (Wildman–Crippen MR) is 58.9 cm³/mol. The summed E-state index contributed by atoms with van der Waals surface area (Å²) in [4.78, 5) is 0. The Kier molecular flexibility index (Phi) is 3.97. The highest BCUT2D eigenvalue weighted by molar-refractivity contribution is 4.86. The van der Waals surface area contributed by atoms with E-state index in [1.807, 2.05) is 0 Å². The Balaban J connectivity index is 1.61. The molecule has 15 heavy (non-hydrogen) atoms. The topological polar surface area (TPSA) is 53.5 Å². The molecule has 0 amide bonds. The molecule has 0 aromatic rings. The van der Waals surface area contributed by atoms with Crippen molar-refractivity contribution in [3.05, 3.63) is 0 Å². The van der Waals surface area contributed by atoms with E-state index in [9.17, 15) is 5.11 Å².